The molecule has 1 heterocycles. The molecule has 0 bridgehead atoms. The molecule has 24 heavy (non-hydrogen) atoms. The molecular weight excluding hydrogens is 315 g/mol. The van der Waals surface area contributed by atoms with Crippen molar-refractivity contribution in [3.63, 3.8) is 0 Å². The molecule has 0 fully saturated rings. The molecule has 1 unspecified atom stereocenters. The second kappa shape index (κ2) is 6.59. The lowest BCUT2D eigenvalue weighted by Crippen LogP contribution is -2.10. The largest absolute Gasteiger partial charge is 0.488 e. The normalized spacial score (nSPS) is 12.1. The second-order valence-electron chi connectivity index (χ2n) is 5.12. The number of aliphatic hydroxyl groups excluding tert-OH is 1. The number of ether oxygens (including phenoxy) is 1. The zero-order valence-corrected chi connectivity index (χ0v) is 12.4. The lowest BCUT2D eigenvalue weighted by Gasteiger charge is -2.14. The Morgan fingerprint density at radius 2 is 1.96 bits per heavy atom. The third kappa shape index (κ3) is 3.16. The number of nitro benzene ring substituents is 1. The third-order valence-electron chi connectivity index (χ3n) is 3.56. The van der Waals surface area contributed by atoms with Gasteiger partial charge in [-0.15, -0.1) is 0 Å². The SMILES string of the molecule is O=[N+]([O-])c1ccc(OCC(O)c2ccc(F)cc2)c2ncccc12. The molecule has 0 saturated heterocycles. The van der Waals surface area contributed by atoms with E-state index in [9.17, 15) is 19.6 Å². The first kappa shape index (κ1) is 15.8. The maximum Gasteiger partial charge on any atom is 0.279 e. The van der Waals surface area contributed by atoms with E-state index in [4.69, 9.17) is 4.74 Å². The van der Waals surface area contributed by atoms with Crippen molar-refractivity contribution in [1.82, 2.24) is 4.98 Å². The number of hydrogen-bond donors (Lipinski definition) is 1. The number of benzene rings is 2. The summed E-state index contributed by atoms with van der Waals surface area (Å²) < 4.78 is 18.5. The molecule has 7 heteroatoms. The minimum absolute atomic E-state index is 0.0652. The van der Waals surface area contributed by atoms with Gasteiger partial charge in [-0.1, -0.05) is 12.1 Å². The Bertz CT molecular complexity index is 883. The smallest absolute Gasteiger partial charge is 0.279 e. The average Bonchev–Trinajstić information content (AvgIpc) is 2.59. The van der Waals surface area contributed by atoms with Gasteiger partial charge in [-0.05, 0) is 35.9 Å². The predicted octanol–water partition coefficient (Wildman–Crippen LogP) is 3.39. The fourth-order valence-corrected chi connectivity index (χ4v) is 2.36. The van der Waals surface area contributed by atoms with Crippen LogP contribution >= 0.6 is 0 Å². The van der Waals surface area contributed by atoms with Crippen molar-refractivity contribution >= 4 is 16.6 Å². The lowest BCUT2D eigenvalue weighted by atomic mass is 10.1. The van der Waals surface area contributed by atoms with E-state index in [1.165, 1.54) is 42.6 Å². The summed E-state index contributed by atoms with van der Waals surface area (Å²) in [6, 6.07) is 11.4. The van der Waals surface area contributed by atoms with Crippen LogP contribution in [0.15, 0.2) is 54.7 Å². The van der Waals surface area contributed by atoms with Crippen LogP contribution in [0.3, 0.4) is 0 Å². The van der Waals surface area contributed by atoms with Crippen LogP contribution < -0.4 is 4.74 Å². The highest BCUT2D eigenvalue weighted by molar-refractivity contribution is 5.92. The van der Waals surface area contributed by atoms with Gasteiger partial charge in [0.15, 0.2) is 0 Å². The molecule has 3 rings (SSSR count). The van der Waals surface area contributed by atoms with E-state index in [0.717, 1.165) is 0 Å². The van der Waals surface area contributed by atoms with Crippen LogP contribution in [-0.4, -0.2) is 21.6 Å². The Kier molecular flexibility index (Phi) is 4.35. The van der Waals surface area contributed by atoms with Gasteiger partial charge in [-0.3, -0.25) is 15.1 Å². The first-order valence-electron chi connectivity index (χ1n) is 7.14. The standard InChI is InChI=1S/C17H13FN2O4/c18-12-5-3-11(4-6-12)15(21)10-24-16-8-7-14(20(22)23)13-2-1-9-19-17(13)16/h1-9,15,21H,10H2. The Hall–Kier alpha value is -3.06. The summed E-state index contributed by atoms with van der Waals surface area (Å²) >= 11 is 0. The van der Waals surface area contributed by atoms with E-state index >= 15 is 0 Å². The summed E-state index contributed by atoms with van der Waals surface area (Å²) in [6.07, 6.45) is 0.551. The minimum Gasteiger partial charge on any atom is -0.488 e. The van der Waals surface area contributed by atoms with Gasteiger partial charge in [-0.2, -0.15) is 0 Å². The van der Waals surface area contributed by atoms with Crippen molar-refractivity contribution in [1.29, 1.82) is 0 Å². The molecule has 0 aliphatic carbocycles. The molecule has 0 radical (unpaired) electrons. The predicted molar refractivity (Wildman–Crippen MR) is 85.3 cm³/mol. The first-order valence-corrected chi connectivity index (χ1v) is 7.14. The molecule has 0 aliphatic heterocycles. The summed E-state index contributed by atoms with van der Waals surface area (Å²) in [7, 11) is 0. The van der Waals surface area contributed by atoms with Crippen molar-refractivity contribution in [2.45, 2.75) is 6.10 Å². The molecular formula is C17H13FN2O4. The number of non-ortho nitro benzene ring substituents is 1. The Labute approximate surface area is 136 Å². The average molecular weight is 328 g/mol. The number of hydrogen-bond acceptors (Lipinski definition) is 5. The highest BCUT2D eigenvalue weighted by Crippen LogP contribution is 2.31. The van der Waals surface area contributed by atoms with Gasteiger partial charge >= 0.3 is 0 Å². The molecule has 0 aliphatic rings. The number of rotatable bonds is 5. The number of halogens is 1. The fraction of sp³-hybridized carbons (Fsp3) is 0.118. The number of nitrogens with zero attached hydrogens (tertiary/aromatic N) is 2. The monoisotopic (exact) mass is 328 g/mol. The van der Waals surface area contributed by atoms with Crippen LogP contribution in [0.4, 0.5) is 10.1 Å². The van der Waals surface area contributed by atoms with E-state index in [1.807, 2.05) is 0 Å². The minimum atomic E-state index is -0.959. The van der Waals surface area contributed by atoms with Gasteiger partial charge in [0, 0.05) is 12.3 Å². The van der Waals surface area contributed by atoms with Crippen molar-refractivity contribution in [3.05, 3.63) is 76.2 Å². The van der Waals surface area contributed by atoms with Gasteiger partial charge in [0.05, 0.1) is 10.3 Å². The molecule has 0 spiro atoms. The van der Waals surface area contributed by atoms with Crippen LogP contribution in [0.5, 0.6) is 5.75 Å². The molecule has 3 aromatic rings. The summed E-state index contributed by atoms with van der Waals surface area (Å²) in [5, 5.41) is 21.5. The Balaban J connectivity index is 1.84. The maximum atomic E-state index is 12.9. The first-order chi connectivity index (χ1) is 11.6. The van der Waals surface area contributed by atoms with Crippen LogP contribution in [0.1, 0.15) is 11.7 Å². The molecule has 0 saturated carbocycles. The summed E-state index contributed by atoms with van der Waals surface area (Å²) in [4.78, 5) is 14.7. The number of nitro groups is 1. The van der Waals surface area contributed by atoms with Gasteiger partial charge in [0.2, 0.25) is 0 Å². The van der Waals surface area contributed by atoms with Gasteiger partial charge in [-0.25, -0.2) is 4.39 Å². The topological polar surface area (TPSA) is 85.5 Å². The Morgan fingerprint density at radius 1 is 1.21 bits per heavy atom. The molecule has 1 atom stereocenters. The van der Waals surface area contributed by atoms with E-state index in [2.05, 4.69) is 4.98 Å². The zero-order chi connectivity index (χ0) is 17.1. The van der Waals surface area contributed by atoms with Crippen LogP contribution in [0, 0.1) is 15.9 Å². The van der Waals surface area contributed by atoms with Crippen molar-refractivity contribution in [2.75, 3.05) is 6.61 Å². The highest BCUT2D eigenvalue weighted by atomic mass is 19.1. The fourth-order valence-electron chi connectivity index (χ4n) is 2.36. The second-order valence-corrected chi connectivity index (χ2v) is 5.12. The van der Waals surface area contributed by atoms with Gasteiger partial charge in [0.25, 0.3) is 5.69 Å². The Morgan fingerprint density at radius 3 is 2.67 bits per heavy atom. The number of aromatic nitrogens is 1. The number of aliphatic hydroxyl groups is 1. The molecule has 6 nitrogen and oxygen atoms in total. The summed E-state index contributed by atoms with van der Waals surface area (Å²) in [5.41, 5.74) is 0.790. The van der Waals surface area contributed by atoms with E-state index in [1.54, 1.807) is 12.1 Å². The van der Waals surface area contributed by atoms with Gasteiger partial charge in [0.1, 0.15) is 29.8 Å². The molecule has 1 N–H and O–H groups in total. The number of pyridine rings is 1. The van der Waals surface area contributed by atoms with Crippen molar-refractivity contribution < 1.29 is 19.2 Å². The molecule has 2 aromatic carbocycles. The third-order valence-corrected chi connectivity index (χ3v) is 3.56. The van der Waals surface area contributed by atoms with Crippen molar-refractivity contribution in [3.8, 4) is 5.75 Å². The number of fused-ring (bicyclic) bond motifs is 1. The van der Waals surface area contributed by atoms with Crippen LogP contribution in [0.25, 0.3) is 10.9 Å². The van der Waals surface area contributed by atoms with E-state index in [-0.39, 0.29) is 12.3 Å². The summed E-state index contributed by atoms with van der Waals surface area (Å²) in [5.74, 6) is -0.0604. The van der Waals surface area contributed by atoms with Crippen molar-refractivity contribution in [2.24, 2.45) is 0 Å². The van der Waals surface area contributed by atoms with E-state index < -0.39 is 16.8 Å². The van der Waals surface area contributed by atoms with Gasteiger partial charge < -0.3 is 9.84 Å². The quantitative estimate of drug-likeness (QED) is 0.573. The molecule has 1 aromatic heterocycles. The highest BCUT2D eigenvalue weighted by Gasteiger charge is 2.17. The zero-order valence-electron chi connectivity index (χ0n) is 12.4. The lowest BCUT2D eigenvalue weighted by molar-refractivity contribution is -0.383. The van der Waals surface area contributed by atoms with Crippen LogP contribution in [0.2, 0.25) is 0 Å². The molecule has 122 valence electrons. The molecule has 0 amide bonds. The van der Waals surface area contributed by atoms with Crippen LogP contribution in [-0.2, 0) is 0 Å². The van der Waals surface area contributed by atoms with E-state index in [0.29, 0.717) is 22.2 Å². The maximum absolute atomic E-state index is 12.9. The summed E-state index contributed by atoms with van der Waals surface area (Å²) in [6.45, 7) is -0.0882.